The number of aromatic nitrogens is 1. The Kier molecular flexibility index (Phi) is 6.66. The van der Waals surface area contributed by atoms with Gasteiger partial charge in [-0.05, 0) is 56.6 Å². The molecule has 0 radical (unpaired) electrons. The topological polar surface area (TPSA) is 115 Å². The third-order valence-corrected chi connectivity index (χ3v) is 5.99. The van der Waals surface area contributed by atoms with Gasteiger partial charge >= 0.3 is 12.2 Å². The van der Waals surface area contributed by atoms with Crippen molar-refractivity contribution in [2.24, 2.45) is 11.1 Å². The van der Waals surface area contributed by atoms with Crippen LogP contribution in [-0.4, -0.2) is 52.1 Å². The summed E-state index contributed by atoms with van der Waals surface area (Å²) in [5.41, 5.74) is 5.33. The maximum absolute atomic E-state index is 12.6. The van der Waals surface area contributed by atoms with Crippen molar-refractivity contribution in [2.75, 3.05) is 0 Å². The number of hydrogen-bond acceptors (Lipinski definition) is 5. The van der Waals surface area contributed by atoms with Gasteiger partial charge in [-0.15, -0.1) is 0 Å². The number of halogens is 3. The Bertz CT molecular complexity index is 886. The van der Waals surface area contributed by atoms with Crippen molar-refractivity contribution < 1.29 is 32.3 Å². The number of alkyl halides is 3. The summed E-state index contributed by atoms with van der Waals surface area (Å²) in [5, 5.41) is 2.49. The van der Waals surface area contributed by atoms with Crippen molar-refractivity contribution >= 4 is 17.8 Å². The second kappa shape index (κ2) is 8.95. The van der Waals surface area contributed by atoms with Crippen LogP contribution in [0.15, 0.2) is 18.3 Å². The monoisotopic (exact) mass is 456 g/mol. The summed E-state index contributed by atoms with van der Waals surface area (Å²) in [5.74, 6) is -0.942. The Labute approximate surface area is 183 Å². The molecule has 2 atom stereocenters. The molecule has 3 rings (SSSR count). The van der Waals surface area contributed by atoms with Gasteiger partial charge in [0.2, 0.25) is 5.88 Å². The molecule has 11 heteroatoms. The second-order valence-electron chi connectivity index (χ2n) is 8.95. The van der Waals surface area contributed by atoms with E-state index in [9.17, 15) is 27.6 Å². The highest BCUT2D eigenvalue weighted by Crippen LogP contribution is 2.47. The fourth-order valence-electron chi connectivity index (χ4n) is 4.59. The van der Waals surface area contributed by atoms with E-state index in [0.717, 1.165) is 4.90 Å². The van der Waals surface area contributed by atoms with Gasteiger partial charge in [0.05, 0.1) is 0 Å². The number of carbonyl (C=O) groups is 3. The highest BCUT2D eigenvalue weighted by atomic mass is 19.4. The van der Waals surface area contributed by atoms with Crippen molar-refractivity contribution in [3.8, 4) is 5.88 Å². The van der Waals surface area contributed by atoms with Crippen LogP contribution in [0, 0.1) is 5.41 Å². The molecule has 176 valence electrons. The number of hydrogen-bond donors (Lipinski definition) is 2. The van der Waals surface area contributed by atoms with E-state index >= 15 is 0 Å². The number of nitrogens with zero attached hydrogens (tertiary/aromatic N) is 2. The van der Waals surface area contributed by atoms with Gasteiger partial charge in [0.15, 0.2) is 0 Å². The van der Waals surface area contributed by atoms with E-state index in [1.54, 1.807) is 13.0 Å². The van der Waals surface area contributed by atoms with Gasteiger partial charge in [-0.25, -0.2) is 9.78 Å². The number of primary amides is 1. The van der Waals surface area contributed by atoms with Crippen LogP contribution in [0.1, 0.15) is 62.7 Å². The molecule has 0 aromatic carbocycles. The number of nitrogens with two attached hydrogens (primary N) is 1. The summed E-state index contributed by atoms with van der Waals surface area (Å²) in [4.78, 5) is 41.6. The Morgan fingerprint density at radius 3 is 2.72 bits per heavy atom. The average Bonchev–Trinajstić information content (AvgIpc) is 2.93. The first-order valence-corrected chi connectivity index (χ1v) is 10.5. The maximum atomic E-state index is 12.6. The van der Waals surface area contributed by atoms with E-state index in [0.29, 0.717) is 19.3 Å². The van der Waals surface area contributed by atoms with Gasteiger partial charge in [0, 0.05) is 18.7 Å². The number of carbonyl (C=O) groups excluding carboxylic acids is 3. The molecule has 4 amide bonds. The highest BCUT2D eigenvalue weighted by Gasteiger charge is 2.47. The summed E-state index contributed by atoms with van der Waals surface area (Å²) >= 11 is 0. The zero-order valence-corrected chi connectivity index (χ0v) is 17.9. The molecule has 1 aliphatic heterocycles. The number of pyridine rings is 1. The Morgan fingerprint density at radius 1 is 1.41 bits per heavy atom. The maximum Gasteiger partial charge on any atom is 0.389 e. The van der Waals surface area contributed by atoms with Crippen LogP contribution in [0.5, 0.6) is 5.88 Å². The van der Waals surface area contributed by atoms with Crippen LogP contribution < -0.4 is 15.8 Å². The molecule has 32 heavy (non-hydrogen) atoms. The quantitative estimate of drug-likeness (QED) is 0.554. The molecule has 2 aliphatic rings. The largest absolute Gasteiger partial charge is 0.474 e. The Hall–Kier alpha value is -2.85. The molecule has 1 aromatic rings. The van der Waals surface area contributed by atoms with E-state index in [4.69, 9.17) is 10.5 Å². The van der Waals surface area contributed by atoms with Crippen LogP contribution in [0.3, 0.4) is 0 Å². The number of nitrogens with one attached hydrogen (secondary N) is 1. The zero-order valence-electron chi connectivity index (χ0n) is 17.9. The van der Waals surface area contributed by atoms with Crippen LogP contribution in [-0.2, 0) is 4.79 Å². The first-order valence-electron chi connectivity index (χ1n) is 10.5. The number of imide groups is 1. The highest BCUT2D eigenvalue weighted by molar-refractivity contribution is 6.04. The fourth-order valence-corrected chi connectivity index (χ4v) is 4.59. The minimum atomic E-state index is -4.29. The van der Waals surface area contributed by atoms with Crippen LogP contribution >= 0.6 is 0 Å². The molecule has 2 fully saturated rings. The standard InChI is InChI=1S/C21H27F3N4O4/c1-12(28-18(30)15(27-19(28)31)6-3-7-21(22,23)24)9-20(2)10-13(11-20)32-17-14(16(25)29)5-4-8-26-17/h4-5,8,12-13,15H,3,6-7,9-11H2,1-2H3,(H2,25,29)(H,27,31)/t12-,13-,15?,20-/m0/s1. The van der Waals surface area contributed by atoms with Gasteiger partial charge < -0.3 is 15.8 Å². The summed E-state index contributed by atoms with van der Waals surface area (Å²) in [6.07, 6.45) is -2.45. The SMILES string of the molecule is C[C@@H](C[C@]1(C)C[C@@H](Oc2ncccc2C(N)=O)C1)N1C(=O)NC(CCCC(F)(F)F)C1=O. The molecule has 0 spiro atoms. The summed E-state index contributed by atoms with van der Waals surface area (Å²) < 4.78 is 42.9. The predicted octanol–water partition coefficient (Wildman–Crippen LogP) is 3.16. The summed E-state index contributed by atoms with van der Waals surface area (Å²) in [6, 6.07) is 1.21. The van der Waals surface area contributed by atoms with Crippen LogP contribution in [0.4, 0.5) is 18.0 Å². The lowest BCUT2D eigenvalue weighted by molar-refractivity contribution is -0.138. The minimum Gasteiger partial charge on any atom is -0.474 e. The van der Waals surface area contributed by atoms with Gasteiger partial charge in [0.25, 0.3) is 11.8 Å². The number of amides is 4. The average molecular weight is 456 g/mol. The van der Waals surface area contributed by atoms with Crippen LogP contribution in [0.25, 0.3) is 0 Å². The molecule has 1 saturated carbocycles. The fraction of sp³-hybridized carbons (Fsp3) is 0.619. The molecule has 2 heterocycles. The van der Waals surface area contributed by atoms with Gasteiger partial charge in [-0.1, -0.05) is 6.92 Å². The molecule has 3 N–H and O–H groups in total. The molecular formula is C21H27F3N4O4. The van der Waals surface area contributed by atoms with Gasteiger partial charge in [0.1, 0.15) is 17.7 Å². The van der Waals surface area contributed by atoms with Crippen molar-refractivity contribution in [3.05, 3.63) is 23.9 Å². The first-order chi connectivity index (χ1) is 14.9. The lowest BCUT2D eigenvalue weighted by Crippen LogP contribution is -2.48. The molecule has 1 saturated heterocycles. The predicted molar refractivity (Wildman–Crippen MR) is 108 cm³/mol. The lowest BCUT2D eigenvalue weighted by Gasteiger charge is -2.46. The third-order valence-electron chi connectivity index (χ3n) is 5.99. The van der Waals surface area contributed by atoms with E-state index < -0.39 is 42.5 Å². The van der Waals surface area contributed by atoms with E-state index in [-0.39, 0.29) is 35.8 Å². The van der Waals surface area contributed by atoms with E-state index in [1.807, 2.05) is 6.92 Å². The molecule has 0 bridgehead atoms. The summed E-state index contributed by atoms with van der Waals surface area (Å²) in [6.45, 7) is 3.76. The zero-order chi connectivity index (χ0) is 23.7. The van der Waals surface area contributed by atoms with Gasteiger partial charge in [-0.3, -0.25) is 14.5 Å². The molecule has 1 aromatic heterocycles. The Balaban J connectivity index is 1.52. The molecule has 1 unspecified atom stereocenters. The number of rotatable bonds is 9. The normalized spacial score (nSPS) is 26.5. The molecular weight excluding hydrogens is 429 g/mol. The minimum absolute atomic E-state index is 0.0489. The van der Waals surface area contributed by atoms with Crippen molar-refractivity contribution in [2.45, 2.75) is 76.7 Å². The van der Waals surface area contributed by atoms with Crippen molar-refractivity contribution in [3.63, 3.8) is 0 Å². The van der Waals surface area contributed by atoms with Crippen molar-refractivity contribution in [1.29, 1.82) is 0 Å². The van der Waals surface area contributed by atoms with Gasteiger partial charge in [-0.2, -0.15) is 13.2 Å². The van der Waals surface area contributed by atoms with E-state index in [2.05, 4.69) is 10.3 Å². The third kappa shape index (κ3) is 5.49. The number of ether oxygens (including phenoxy) is 1. The number of urea groups is 1. The summed E-state index contributed by atoms with van der Waals surface area (Å²) in [7, 11) is 0. The second-order valence-corrected chi connectivity index (χ2v) is 8.95. The Morgan fingerprint density at radius 2 is 2.09 bits per heavy atom. The molecule has 8 nitrogen and oxygen atoms in total. The van der Waals surface area contributed by atoms with Crippen molar-refractivity contribution in [1.82, 2.24) is 15.2 Å². The molecule has 1 aliphatic carbocycles. The first kappa shape index (κ1) is 23.8. The smallest absolute Gasteiger partial charge is 0.389 e. The lowest BCUT2D eigenvalue weighted by atomic mass is 9.65. The van der Waals surface area contributed by atoms with Crippen LogP contribution in [0.2, 0.25) is 0 Å². The van der Waals surface area contributed by atoms with E-state index in [1.165, 1.54) is 12.3 Å².